The molecule has 0 bridgehead atoms. The van der Waals surface area contributed by atoms with E-state index >= 15 is 0 Å². The Balaban J connectivity index is 2.61. The lowest BCUT2D eigenvalue weighted by molar-refractivity contribution is -0.113. The van der Waals surface area contributed by atoms with E-state index in [9.17, 15) is 13.9 Å². The van der Waals surface area contributed by atoms with Crippen LogP contribution in [0, 0.1) is 23.0 Å². The third kappa shape index (κ3) is 2.32. The lowest BCUT2D eigenvalue weighted by Gasteiger charge is -2.43. The van der Waals surface area contributed by atoms with Gasteiger partial charge in [-0.2, -0.15) is 0 Å². The summed E-state index contributed by atoms with van der Waals surface area (Å²) in [7, 11) is 0. The smallest absolute Gasteiger partial charge is 0.129 e. The fourth-order valence-electron chi connectivity index (χ4n) is 3.88. The molecule has 0 heterocycles. The van der Waals surface area contributed by atoms with Crippen molar-refractivity contribution in [2.45, 2.75) is 52.1 Å². The first-order chi connectivity index (χ1) is 9.79. The van der Waals surface area contributed by atoms with Gasteiger partial charge < -0.3 is 5.11 Å². The predicted molar refractivity (Wildman–Crippen MR) is 81.0 cm³/mol. The lowest BCUT2D eigenvalue weighted by atomic mass is 9.66. The van der Waals surface area contributed by atoms with Gasteiger partial charge in [0.1, 0.15) is 17.2 Å². The molecule has 1 N–H and O–H groups in total. The molecule has 0 amide bonds. The number of benzene rings is 1. The van der Waals surface area contributed by atoms with E-state index in [4.69, 9.17) is 0 Å². The summed E-state index contributed by atoms with van der Waals surface area (Å²) in [5, 5.41) is 11.4. The number of allylic oxidation sites excluding steroid dienone is 1. The second-order valence-corrected chi connectivity index (χ2v) is 6.68. The molecule has 1 nitrogen and oxygen atoms in total. The maximum atomic E-state index is 14.4. The highest BCUT2D eigenvalue weighted by Gasteiger charge is 2.56. The van der Waals surface area contributed by atoms with Crippen molar-refractivity contribution in [2.24, 2.45) is 11.3 Å². The number of rotatable bonds is 5. The van der Waals surface area contributed by atoms with Crippen LogP contribution in [-0.4, -0.2) is 5.11 Å². The molecule has 116 valence electrons. The van der Waals surface area contributed by atoms with Crippen LogP contribution in [0.1, 0.15) is 51.2 Å². The normalized spacial score (nSPS) is 24.7. The van der Waals surface area contributed by atoms with Gasteiger partial charge in [-0.3, -0.25) is 0 Å². The summed E-state index contributed by atoms with van der Waals surface area (Å²) in [5.74, 6) is -1.05. The second-order valence-electron chi connectivity index (χ2n) is 6.68. The summed E-state index contributed by atoms with van der Waals surface area (Å²) in [6.07, 6.45) is 4.34. The summed E-state index contributed by atoms with van der Waals surface area (Å²) in [4.78, 5) is 0. The van der Waals surface area contributed by atoms with Gasteiger partial charge in [0.2, 0.25) is 0 Å². The molecule has 0 fully saturated rings. The molecule has 2 atom stereocenters. The quantitative estimate of drug-likeness (QED) is 0.779. The molecule has 0 saturated carbocycles. The Morgan fingerprint density at radius 3 is 2.52 bits per heavy atom. The average Bonchev–Trinajstić information content (AvgIpc) is 2.64. The van der Waals surface area contributed by atoms with Gasteiger partial charge in [-0.1, -0.05) is 33.3 Å². The number of aliphatic hydroxyl groups is 1. The molecule has 0 aromatic heterocycles. The van der Waals surface area contributed by atoms with Gasteiger partial charge >= 0.3 is 0 Å². The fraction of sp³-hybridized carbons (Fsp3) is 0.556. The number of hydrogen-bond acceptors (Lipinski definition) is 1. The fourth-order valence-corrected chi connectivity index (χ4v) is 3.88. The van der Waals surface area contributed by atoms with E-state index in [1.165, 1.54) is 0 Å². The van der Waals surface area contributed by atoms with Crippen LogP contribution in [0.15, 0.2) is 24.8 Å². The van der Waals surface area contributed by atoms with E-state index in [1.54, 1.807) is 6.08 Å². The first-order valence-corrected chi connectivity index (χ1v) is 7.60. The summed E-state index contributed by atoms with van der Waals surface area (Å²) in [5.41, 5.74) is -1.44. The standard InChI is InChI=1S/C18H24F2O/c1-5-7-8-12(6-2)18(21)16-13(11-17(18,3)4)14(19)9-10-15(16)20/h5,9-10,12,21H,1,6-8,11H2,2-4H3. The minimum Gasteiger partial charge on any atom is -0.384 e. The summed E-state index contributed by atoms with van der Waals surface area (Å²) >= 11 is 0. The third-order valence-corrected chi connectivity index (χ3v) is 5.04. The van der Waals surface area contributed by atoms with Crippen LogP contribution in [0.2, 0.25) is 0 Å². The summed E-state index contributed by atoms with van der Waals surface area (Å²) in [6, 6.07) is 2.28. The molecule has 2 unspecified atom stereocenters. The van der Waals surface area contributed by atoms with Gasteiger partial charge in [0.25, 0.3) is 0 Å². The van der Waals surface area contributed by atoms with Crippen LogP contribution in [-0.2, 0) is 12.0 Å². The van der Waals surface area contributed by atoms with Crippen LogP contribution in [0.3, 0.4) is 0 Å². The number of fused-ring (bicyclic) bond motifs is 1. The topological polar surface area (TPSA) is 20.2 Å². The van der Waals surface area contributed by atoms with Gasteiger partial charge in [0.05, 0.1) is 0 Å². The van der Waals surface area contributed by atoms with Crippen molar-refractivity contribution in [1.82, 2.24) is 0 Å². The van der Waals surface area contributed by atoms with Crippen molar-refractivity contribution < 1.29 is 13.9 Å². The highest BCUT2D eigenvalue weighted by atomic mass is 19.1. The predicted octanol–water partition coefficient (Wildman–Crippen LogP) is 4.73. The minimum absolute atomic E-state index is 0.122. The third-order valence-electron chi connectivity index (χ3n) is 5.04. The van der Waals surface area contributed by atoms with E-state index in [2.05, 4.69) is 6.58 Å². The molecule has 3 heteroatoms. The van der Waals surface area contributed by atoms with Crippen molar-refractivity contribution in [3.63, 3.8) is 0 Å². The Kier molecular flexibility index (Phi) is 4.25. The highest BCUT2D eigenvalue weighted by molar-refractivity contribution is 5.43. The summed E-state index contributed by atoms with van der Waals surface area (Å²) in [6.45, 7) is 9.48. The maximum Gasteiger partial charge on any atom is 0.129 e. The van der Waals surface area contributed by atoms with Crippen molar-refractivity contribution in [3.8, 4) is 0 Å². The number of hydrogen-bond donors (Lipinski definition) is 1. The van der Waals surface area contributed by atoms with Gasteiger partial charge in [0, 0.05) is 11.0 Å². The monoisotopic (exact) mass is 294 g/mol. The molecule has 21 heavy (non-hydrogen) atoms. The Hall–Kier alpha value is -1.22. The zero-order chi connectivity index (χ0) is 15.8. The second kappa shape index (κ2) is 5.53. The molecular formula is C18H24F2O. The van der Waals surface area contributed by atoms with Crippen molar-refractivity contribution >= 4 is 0 Å². The maximum absolute atomic E-state index is 14.4. The lowest BCUT2D eigenvalue weighted by Crippen LogP contribution is -2.45. The van der Waals surface area contributed by atoms with Crippen LogP contribution >= 0.6 is 0 Å². The van der Waals surface area contributed by atoms with Crippen LogP contribution in [0.4, 0.5) is 8.78 Å². The van der Waals surface area contributed by atoms with E-state index in [0.29, 0.717) is 18.4 Å². The van der Waals surface area contributed by atoms with Crippen LogP contribution in [0.25, 0.3) is 0 Å². The van der Waals surface area contributed by atoms with Gasteiger partial charge in [-0.15, -0.1) is 6.58 Å². The van der Waals surface area contributed by atoms with Crippen molar-refractivity contribution in [3.05, 3.63) is 47.5 Å². The molecule has 1 aromatic carbocycles. The average molecular weight is 294 g/mol. The molecule has 2 rings (SSSR count). The largest absolute Gasteiger partial charge is 0.384 e. The van der Waals surface area contributed by atoms with Crippen LogP contribution < -0.4 is 0 Å². The molecule has 0 spiro atoms. The Morgan fingerprint density at radius 2 is 1.95 bits per heavy atom. The molecule has 1 aliphatic rings. The highest BCUT2D eigenvalue weighted by Crippen LogP contribution is 2.56. The van der Waals surface area contributed by atoms with Crippen LogP contribution in [0.5, 0.6) is 0 Å². The number of halogens is 2. The van der Waals surface area contributed by atoms with Gasteiger partial charge in [-0.25, -0.2) is 8.78 Å². The van der Waals surface area contributed by atoms with Crippen molar-refractivity contribution in [2.75, 3.05) is 0 Å². The van der Waals surface area contributed by atoms with E-state index in [-0.39, 0.29) is 11.5 Å². The summed E-state index contributed by atoms with van der Waals surface area (Å²) < 4.78 is 28.5. The molecular weight excluding hydrogens is 270 g/mol. The van der Waals surface area contributed by atoms with Gasteiger partial charge in [0.15, 0.2) is 0 Å². The Bertz CT molecular complexity index is 550. The van der Waals surface area contributed by atoms with E-state index in [1.807, 2.05) is 20.8 Å². The van der Waals surface area contributed by atoms with Crippen molar-refractivity contribution in [1.29, 1.82) is 0 Å². The first-order valence-electron chi connectivity index (χ1n) is 7.60. The molecule has 0 radical (unpaired) electrons. The molecule has 1 aliphatic carbocycles. The zero-order valence-electron chi connectivity index (χ0n) is 13.0. The SMILES string of the molecule is C=CCCC(CC)C1(O)c2c(F)ccc(F)c2CC1(C)C. The molecule has 0 saturated heterocycles. The molecule has 1 aromatic rings. The Labute approximate surface area is 125 Å². The minimum atomic E-state index is -1.34. The first kappa shape index (κ1) is 16.2. The zero-order valence-corrected chi connectivity index (χ0v) is 13.0. The molecule has 0 aliphatic heterocycles. The van der Waals surface area contributed by atoms with Gasteiger partial charge in [-0.05, 0) is 42.9 Å². The van der Waals surface area contributed by atoms with E-state index < -0.39 is 22.7 Å². The Morgan fingerprint density at radius 1 is 1.33 bits per heavy atom. The van der Waals surface area contributed by atoms with E-state index in [0.717, 1.165) is 25.0 Å².